The van der Waals surface area contributed by atoms with Crippen LogP contribution in [-0.2, 0) is 4.79 Å². The highest BCUT2D eigenvalue weighted by atomic mass is 19.3. The molecule has 1 aliphatic rings. The van der Waals surface area contributed by atoms with E-state index in [1.807, 2.05) is 0 Å². The van der Waals surface area contributed by atoms with E-state index in [1.54, 1.807) is 6.07 Å². The van der Waals surface area contributed by atoms with E-state index in [0.29, 0.717) is 12.1 Å². The number of rotatable bonds is 4. The summed E-state index contributed by atoms with van der Waals surface area (Å²) in [5.74, 6) is 0.0482. The predicted molar refractivity (Wildman–Crippen MR) is 70.0 cm³/mol. The average Bonchev–Trinajstić information content (AvgIpc) is 2.75. The van der Waals surface area contributed by atoms with Gasteiger partial charge < -0.3 is 11.1 Å². The van der Waals surface area contributed by atoms with E-state index < -0.39 is 6.43 Å². The van der Waals surface area contributed by atoms with Gasteiger partial charge in [0.1, 0.15) is 0 Å². The summed E-state index contributed by atoms with van der Waals surface area (Å²) in [6, 6.07) is 5.85. The summed E-state index contributed by atoms with van der Waals surface area (Å²) in [6.45, 7) is 0. The lowest BCUT2D eigenvalue weighted by molar-refractivity contribution is -0.117. The molecular formula is C14H18F2N2O. The van der Waals surface area contributed by atoms with E-state index in [2.05, 4.69) is 5.32 Å². The Morgan fingerprint density at radius 3 is 2.84 bits per heavy atom. The molecule has 1 aliphatic carbocycles. The topological polar surface area (TPSA) is 55.1 Å². The molecule has 1 saturated carbocycles. The first-order valence-corrected chi connectivity index (χ1v) is 6.50. The molecule has 3 nitrogen and oxygen atoms in total. The molecule has 3 N–H and O–H groups in total. The first-order chi connectivity index (χ1) is 9.06. The number of amides is 1. The van der Waals surface area contributed by atoms with Gasteiger partial charge in [0.25, 0.3) is 6.43 Å². The zero-order valence-electron chi connectivity index (χ0n) is 10.6. The fourth-order valence-electron chi connectivity index (χ4n) is 2.52. The van der Waals surface area contributed by atoms with Gasteiger partial charge in [-0.25, -0.2) is 8.78 Å². The third-order valence-electron chi connectivity index (χ3n) is 3.59. The fourth-order valence-corrected chi connectivity index (χ4v) is 2.52. The summed E-state index contributed by atoms with van der Waals surface area (Å²) in [7, 11) is 0. The second kappa shape index (κ2) is 6.10. The largest absolute Gasteiger partial charge is 0.327 e. The first kappa shape index (κ1) is 13.9. The number of halogens is 2. The van der Waals surface area contributed by atoms with Crippen molar-refractivity contribution in [1.29, 1.82) is 0 Å². The molecule has 5 heteroatoms. The van der Waals surface area contributed by atoms with Gasteiger partial charge in [-0.2, -0.15) is 0 Å². The quantitative estimate of drug-likeness (QED) is 0.881. The van der Waals surface area contributed by atoms with Gasteiger partial charge in [0.15, 0.2) is 0 Å². The molecule has 1 aromatic carbocycles. The number of alkyl halides is 2. The summed E-state index contributed by atoms with van der Waals surface area (Å²) >= 11 is 0. The normalized spacial score (nSPS) is 22.7. The van der Waals surface area contributed by atoms with Gasteiger partial charge in [0.05, 0.1) is 0 Å². The van der Waals surface area contributed by atoms with Crippen molar-refractivity contribution in [2.24, 2.45) is 11.7 Å². The van der Waals surface area contributed by atoms with E-state index in [0.717, 1.165) is 19.3 Å². The highest BCUT2D eigenvalue weighted by Crippen LogP contribution is 2.27. The Balaban J connectivity index is 1.93. The lowest BCUT2D eigenvalue weighted by Gasteiger charge is -2.15. The molecule has 0 heterocycles. The molecule has 1 amide bonds. The van der Waals surface area contributed by atoms with Gasteiger partial charge in [-0.15, -0.1) is 0 Å². The van der Waals surface area contributed by atoms with Gasteiger partial charge in [-0.3, -0.25) is 4.79 Å². The molecule has 1 fully saturated rings. The molecule has 0 radical (unpaired) electrons. The monoisotopic (exact) mass is 268 g/mol. The van der Waals surface area contributed by atoms with Gasteiger partial charge in [-0.1, -0.05) is 18.6 Å². The maximum Gasteiger partial charge on any atom is 0.263 e. The van der Waals surface area contributed by atoms with E-state index in [-0.39, 0.29) is 23.4 Å². The van der Waals surface area contributed by atoms with Crippen LogP contribution in [0.25, 0.3) is 0 Å². The molecule has 0 saturated heterocycles. The zero-order valence-corrected chi connectivity index (χ0v) is 10.6. The van der Waals surface area contributed by atoms with Crippen molar-refractivity contribution >= 4 is 11.6 Å². The lowest BCUT2D eigenvalue weighted by atomic mass is 10.00. The van der Waals surface area contributed by atoms with Crippen molar-refractivity contribution in [3.05, 3.63) is 29.8 Å². The van der Waals surface area contributed by atoms with Crippen molar-refractivity contribution in [1.82, 2.24) is 0 Å². The Morgan fingerprint density at radius 1 is 1.42 bits per heavy atom. The van der Waals surface area contributed by atoms with Gasteiger partial charge in [0, 0.05) is 23.7 Å². The van der Waals surface area contributed by atoms with Crippen molar-refractivity contribution in [3.63, 3.8) is 0 Å². The Labute approximate surface area is 111 Å². The van der Waals surface area contributed by atoms with Gasteiger partial charge >= 0.3 is 0 Å². The maximum atomic E-state index is 12.5. The van der Waals surface area contributed by atoms with Crippen LogP contribution in [0.15, 0.2) is 24.3 Å². The molecule has 0 aliphatic heterocycles. The highest BCUT2D eigenvalue weighted by Gasteiger charge is 2.26. The number of hydrogen-bond donors (Lipinski definition) is 2. The molecule has 2 rings (SSSR count). The molecule has 0 unspecified atom stereocenters. The van der Waals surface area contributed by atoms with Crippen LogP contribution in [0.4, 0.5) is 14.5 Å². The van der Waals surface area contributed by atoms with Crippen molar-refractivity contribution in [2.45, 2.75) is 38.2 Å². The third-order valence-corrected chi connectivity index (χ3v) is 3.59. The number of benzene rings is 1. The van der Waals surface area contributed by atoms with Crippen molar-refractivity contribution < 1.29 is 13.6 Å². The van der Waals surface area contributed by atoms with Crippen LogP contribution in [0.1, 0.15) is 37.7 Å². The fraction of sp³-hybridized carbons (Fsp3) is 0.500. The van der Waals surface area contributed by atoms with E-state index in [9.17, 15) is 13.6 Å². The molecule has 2 atom stereocenters. The predicted octanol–water partition coefficient (Wildman–Crippen LogP) is 3.08. The van der Waals surface area contributed by atoms with Crippen LogP contribution >= 0.6 is 0 Å². The molecule has 104 valence electrons. The third kappa shape index (κ3) is 3.73. The van der Waals surface area contributed by atoms with Crippen LogP contribution in [0.2, 0.25) is 0 Å². The summed E-state index contributed by atoms with van der Waals surface area (Å²) in [5, 5.41) is 2.66. The minimum Gasteiger partial charge on any atom is -0.327 e. The number of nitrogens with one attached hydrogen (secondary N) is 1. The van der Waals surface area contributed by atoms with E-state index >= 15 is 0 Å². The van der Waals surface area contributed by atoms with Gasteiger partial charge in [0.2, 0.25) is 5.91 Å². The Hall–Kier alpha value is -1.49. The van der Waals surface area contributed by atoms with Crippen molar-refractivity contribution in [2.75, 3.05) is 5.32 Å². The molecule has 1 aromatic rings. The van der Waals surface area contributed by atoms with Crippen LogP contribution in [0.3, 0.4) is 0 Å². The molecule has 19 heavy (non-hydrogen) atoms. The van der Waals surface area contributed by atoms with Crippen molar-refractivity contribution in [3.8, 4) is 0 Å². The highest BCUT2D eigenvalue weighted by molar-refractivity contribution is 5.91. The minimum absolute atomic E-state index is 0.0816. The first-order valence-electron chi connectivity index (χ1n) is 6.50. The second-order valence-electron chi connectivity index (χ2n) is 5.03. The lowest BCUT2D eigenvalue weighted by Crippen LogP contribution is -2.28. The summed E-state index contributed by atoms with van der Waals surface area (Å²) in [6.07, 6.45) is 0.810. The van der Waals surface area contributed by atoms with Crippen LogP contribution < -0.4 is 11.1 Å². The van der Waals surface area contributed by atoms with Gasteiger partial charge in [-0.05, 0) is 30.9 Å². The molecule has 0 aromatic heterocycles. The Bertz CT molecular complexity index is 451. The molecular weight excluding hydrogens is 250 g/mol. The summed E-state index contributed by atoms with van der Waals surface area (Å²) in [4.78, 5) is 11.8. The molecule has 0 bridgehead atoms. The van der Waals surface area contributed by atoms with Crippen LogP contribution in [0.5, 0.6) is 0 Å². The van der Waals surface area contributed by atoms with Crippen LogP contribution in [-0.4, -0.2) is 11.9 Å². The SMILES string of the molecule is N[C@@H]1CCC[C@H]1CC(=O)Nc1cccc(C(F)F)c1. The van der Waals surface area contributed by atoms with E-state index in [1.165, 1.54) is 18.2 Å². The maximum absolute atomic E-state index is 12.5. The van der Waals surface area contributed by atoms with Crippen LogP contribution in [0, 0.1) is 5.92 Å². The Morgan fingerprint density at radius 2 is 2.21 bits per heavy atom. The smallest absolute Gasteiger partial charge is 0.263 e. The number of hydrogen-bond acceptors (Lipinski definition) is 2. The zero-order chi connectivity index (χ0) is 13.8. The number of nitrogens with two attached hydrogens (primary N) is 1. The summed E-state index contributed by atoms with van der Waals surface area (Å²) < 4.78 is 25.1. The average molecular weight is 268 g/mol. The standard InChI is InChI=1S/C14H18F2N2O/c15-14(16)10-4-1-5-11(7-10)18-13(19)8-9-3-2-6-12(9)17/h1,4-5,7,9,12,14H,2-3,6,8,17H2,(H,18,19)/t9-,12+/m0/s1. The second-order valence-corrected chi connectivity index (χ2v) is 5.03. The Kier molecular flexibility index (Phi) is 4.47. The number of anilines is 1. The number of carbonyl (C=O) groups excluding carboxylic acids is 1. The van der Waals surface area contributed by atoms with E-state index in [4.69, 9.17) is 5.73 Å². The number of carbonyl (C=O) groups is 1. The summed E-state index contributed by atoms with van der Waals surface area (Å²) in [5.41, 5.74) is 6.23. The molecule has 0 spiro atoms. The minimum atomic E-state index is -2.53.